The maximum Gasteiger partial charge on any atom is 0.183 e. The second-order valence-electron chi connectivity index (χ2n) is 4.28. The number of aromatic nitrogens is 4. The maximum absolute atomic E-state index is 4.56. The molecule has 2 heterocycles. The molecule has 0 aliphatic carbocycles. The Labute approximate surface area is 111 Å². The molecule has 0 aliphatic heterocycles. The van der Waals surface area contributed by atoms with Crippen molar-refractivity contribution in [3.63, 3.8) is 0 Å². The Morgan fingerprint density at radius 2 is 2.00 bits per heavy atom. The minimum Gasteiger partial charge on any atom is -0.368 e. The summed E-state index contributed by atoms with van der Waals surface area (Å²) in [5.74, 6) is 1.60. The van der Waals surface area contributed by atoms with Crippen molar-refractivity contribution in [3.8, 4) is 0 Å². The summed E-state index contributed by atoms with van der Waals surface area (Å²) < 4.78 is 0. The molecule has 19 heavy (non-hydrogen) atoms. The number of hydrogen-bond acceptors (Lipinski definition) is 4. The number of fused-ring (bicyclic) bond motifs is 1. The molecule has 0 aliphatic rings. The lowest BCUT2D eigenvalue weighted by molar-refractivity contribution is 0.980. The molecule has 0 radical (unpaired) electrons. The van der Waals surface area contributed by atoms with E-state index in [4.69, 9.17) is 0 Å². The number of anilines is 1. The molecule has 0 atom stereocenters. The lowest BCUT2D eigenvalue weighted by atomic mass is 10.1. The molecule has 0 spiro atoms. The van der Waals surface area contributed by atoms with Crippen LogP contribution >= 0.6 is 0 Å². The quantitative estimate of drug-likeness (QED) is 0.749. The minimum absolute atomic E-state index is 0.705. The first kappa shape index (κ1) is 11.6. The van der Waals surface area contributed by atoms with Crippen LogP contribution in [0.5, 0.6) is 0 Å². The van der Waals surface area contributed by atoms with E-state index in [0.29, 0.717) is 12.1 Å². The van der Waals surface area contributed by atoms with Crippen LogP contribution in [-0.4, -0.2) is 26.5 Å². The highest BCUT2D eigenvalue weighted by Gasteiger charge is 2.09. The van der Waals surface area contributed by atoms with Crippen molar-refractivity contribution in [2.24, 2.45) is 0 Å². The van der Waals surface area contributed by atoms with E-state index in [9.17, 15) is 0 Å². The van der Waals surface area contributed by atoms with Crippen molar-refractivity contribution in [1.29, 1.82) is 0 Å². The number of benzene rings is 1. The van der Waals surface area contributed by atoms with Crippen molar-refractivity contribution >= 4 is 17.0 Å². The number of rotatable bonds is 4. The molecule has 0 saturated heterocycles. The Morgan fingerprint density at radius 3 is 2.79 bits per heavy atom. The highest BCUT2D eigenvalue weighted by atomic mass is 15.1. The normalized spacial score (nSPS) is 10.8. The Hall–Kier alpha value is -2.43. The van der Waals surface area contributed by atoms with E-state index in [-0.39, 0.29) is 0 Å². The average Bonchev–Trinajstić information content (AvgIpc) is 2.89. The van der Waals surface area contributed by atoms with Gasteiger partial charge in [0, 0.05) is 13.0 Å². The minimum atomic E-state index is 0.705. The maximum atomic E-state index is 4.56. The molecular formula is C14H15N5. The molecule has 2 aromatic heterocycles. The Kier molecular flexibility index (Phi) is 3.10. The number of nitrogens with one attached hydrogen (secondary N) is 2. The van der Waals surface area contributed by atoms with Gasteiger partial charge in [0.1, 0.15) is 11.3 Å². The van der Waals surface area contributed by atoms with Gasteiger partial charge in [0.2, 0.25) is 0 Å². The Balaban J connectivity index is 1.99. The van der Waals surface area contributed by atoms with E-state index >= 15 is 0 Å². The zero-order valence-corrected chi connectivity index (χ0v) is 10.7. The van der Waals surface area contributed by atoms with Gasteiger partial charge in [-0.05, 0) is 12.5 Å². The van der Waals surface area contributed by atoms with Crippen LogP contribution in [-0.2, 0) is 6.42 Å². The summed E-state index contributed by atoms with van der Waals surface area (Å²) in [5.41, 5.74) is 2.76. The fourth-order valence-corrected chi connectivity index (χ4v) is 2.03. The summed E-state index contributed by atoms with van der Waals surface area (Å²) >= 11 is 0. The van der Waals surface area contributed by atoms with Crippen LogP contribution in [0.1, 0.15) is 18.3 Å². The molecule has 0 saturated carbocycles. The number of nitrogens with zero attached hydrogens (tertiary/aromatic N) is 3. The molecule has 1 aromatic carbocycles. The van der Waals surface area contributed by atoms with Gasteiger partial charge in [-0.25, -0.2) is 15.0 Å². The monoisotopic (exact) mass is 253 g/mol. The van der Waals surface area contributed by atoms with Crippen LogP contribution in [0.15, 0.2) is 36.7 Å². The Morgan fingerprint density at radius 1 is 1.16 bits per heavy atom. The van der Waals surface area contributed by atoms with Gasteiger partial charge in [0.15, 0.2) is 11.5 Å². The molecule has 0 bridgehead atoms. The number of H-pyrrole nitrogens is 1. The first-order chi connectivity index (χ1) is 9.36. The van der Waals surface area contributed by atoms with Crippen molar-refractivity contribution in [3.05, 3.63) is 48.0 Å². The van der Waals surface area contributed by atoms with Crippen LogP contribution in [0.3, 0.4) is 0 Å². The lowest BCUT2D eigenvalue weighted by Gasteiger charge is -2.06. The van der Waals surface area contributed by atoms with Crippen LogP contribution in [0.4, 0.5) is 5.82 Å². The summed E-state index contributed by atoms with van der Waals surface area (Å²) in [5, 5.41) is 3.24. The molecule has 5 heteroatoms. The SMILES string of the molecule is CCNc1nc(Cc2ccccc2)nc2nc[nH]c12. The lowest BCUT2D eigenvalue weighted by Crippen LogP contribution is -2.05. The molecule has 2 N–H and O–H groups in total. The topological polar surface area (TPSA) is 66.5 Å². The van der Waals surface area contributed by atoms with Crippen molar-refractivity contribution in [2.45, 2.75) is 13.3 Å². The predicted molar refractivity (Wildman–Crippen MR) is 75.1 cm³/mol. The van der Waals surface area contributed by atoms with E-state index < -0.39 is 0 Å². The third-order valence-electron chi connectivity index (χ3n) is 2.88. The van der Waals surface area contributed by atoms with E-state index in [1.807, 2.05) is 25.1 Å². The van der Waals surface area contributed by atoms with Crippen LogP contribution in [0.25, 0.3) is 11.2 Å². The molecule has 3 aromatic rings. The summed E-state index contributed by atoms with van der Waals surface area (Å²) in [7, 11) is 0. The predicted octanol–water partition coefficient (Wildman–Crippen LogP) is 2.38. The summed E-state index contributed by atoms with van der Waals surface area (Å²) in [4.78, 5) is 16.3. The summed E-state index contributed by atoms with van der Waals surface area (Å²) in [6.45, 7) is 2.86. The van der Waals surface area contributed by atoms with Crippen molar-refractivity contribution < 1.29 is 0 Å². The number of imidazole rings is 1. The summed E-state index contributed by atoms with van der Waals surface area (Å²) in [6.07, 6.45) is 2.36. The van der Waals surface area contributed by atoms with Gasteiger partial charge in [-0.3, -0.25) is 0 Å². The van der Waals surface area contributed by atoms with Gasteiger partial charge < -0.3 is 10.3 Å². The van der Waals surface area contributed by atoms with Crippen molar-refractivity contribution in [1.82, 2.24) is 19.9 Å². The second-order valence-corrected chi connectivity index (χ2v) is 4.28. The van der Waals surface area contributed by atoms with Gasteiger partial charge in [0.25, 0.3) is 0 Å². The molecule has 0 amide bonds. The summed E-state index contributed by atoms with van der Waals surface area (Å²) in [6, 6.07) is 10.2. The first-order valence-electron chi connectivity index (χ1n) is 6.34. The van der Waals surface area contributed by atoms with E-state index in [1.54, 1.807) is 6.33 Å². The van der Waals surface area contributed by atoms with Gasteiger partial charge in [-0.2, -0.15) is 0 Å². The standard InChI is InChI=1S/C14H15N5/c1-2-15-13-12-14(17-9-16-12)19-11(18-13)8-10-6-4-3-5-7-10/h3-7,9H,2,8H2,1H3,(H2,15,16,17,18,19). The third kappa shape index (κ3) is 2.40. The van der Waals surface area contributed by atoms with Gasteiger partial charge >= 0.3 is 0 Å². The molecule has 5 nitrogen and oxygen atoms in total. The smallest absolute Gasteiger partial charge is 0.183 e. The molecule has 96 valence electrons. The number of hydrogen-bond donors (Lipinski definition) is 2. The molecular weight excluding hydrogens is 238 g/mol. The van der Waals surface area contributed by atoms with E-state index in [2.05, 4.69) is 37.4 Å². The fraction of sp³-hybridized carbons (Fsp3) is 0.214. The first-order valence-corrected chi connectivity index (χ1v) is 6.34. The highest BCUT2D eigenvalue weighted by molar-refractivity contribution is 5.82. The van der Waals surface area contributed by atoms with E-state index in [1.165, 1.54) is 5.56 Å². The van der Waals surface area contributed by atoms with Crippen LogP contribution in [0.2, 0.25) is 0 Å². The fourth-order valence-electron chi connectivity index (χ4n) is 2.03. The van der Waals surface area contributed by atoms with Gasteiger partial charge in [-0.15, -0.1) is 0 Å². The molecule has 0 fully saturated rings. The number of aromatic amines is 1. The van der Waals surface area contributed by atoms with E-state index in [0.717, 1.165) is 23.7 Å². The zero-order valence-electron chi connectivity index (χ0n) is 10.7. The second kappa shape index (κ2) is 5.06. The van der Waals surface area contributed by atoms with Crippen LogP contribution < -0.4 is 5.32 Å². The zero-order chi connectivity index (χ0) is 13.1. The molecule has 3 rings (SSSR count). The van der Waals surface area contributed by atoms with Gasteiger partial charge in [-0.1, -0.05) is 30.3 Å². The van der Waals surface area contributed by atoms with Gasteiger partial charge in [0.05, 0.1) is 6.33 Å². The third-order valence-corrected chi connectivity index (χ3v) is 2.88. The van der Waals surface area contributed by atoms with Crippen LogP contribution in [0, 0.1) is 0 Å². The average molecular weight is 253 g/mol. The largest absolute Gasteiger partial charge is 0.368 e. The highest BCUT2D eigenvalue weighted by Crippen LogP contribution is 2.17. The Bertz CT molecular complexity index is 675. The van der Waals surface area contributed by atoms with Crippen molar-refractivity contribution in [2.75, 3.05) is 11.9 Å². The molecule has 0 unspecified atom stereocenters.